The van der Waals surface area contributed by atoms with E-state index in [0.29, 0.717) is 77.6 Å². The average Bonchev–Trinajstić information content (AvgIpc) is 3.18. The van der Waals surface area contributed by atoms with Crippen molar-refractivity contribution in [2.45, 2.75) is 33.1 Å². The molecule has 0 unspecified atom stereocenters. The van der Waals surface area contributed by atoms with Crippen LogP contribution in [-0.4, -0.2) is 62.9 Å². The molecule has 0 radical (unpaired) electrons. The van der Waals surface area contributed by atoms with Gasteiger partial charge >= 0.3 is 29.8 Å². The zero-order chi connectivity index (χ0) is 39.6. The molecule has 0 aliphatic heterocycles. The molecule has 0 aliphatic rings. The number of carbonyl (C=O) groups is 5. The molecular formula is C43H42O12. The van der Waals surface area contributed by atoms with Crippen LogP contribution in [0.5, 0.6) is 23.0 Å². The first-order valence-electron chi connectivity index (χ1n) is 17.4. The van der Waals surface area contributed by atoms with Crippen molar-refractivity contribution in [3.05, 3.63) is 144 Å². The SMILES string of the molecule is C=C(C)C(=O)OCCCOc1ccc(C(=O)Oc2ccc(CCOC(=O)c3ccc(OC(=O)c4ccc(OCCCOC(=O)C(=C)C)cc4)cc3)cc2)cc1. The molecule has 4 aromatic carbocycles. The zero-order valence-corrected chi connectivity index (χ0v) is 30.7. The third kappa shape index (κ3) is 14.0. The highest BCUT2D eigenvalue weighted by Crippen LogP contribution is 2.19. The van der Waals surface area contributed by atoms with Gasteiger partial charge in [-0.2, -0.15) is 0 Å². The van der Waals surface area contributed by atoms with Crippen LogP contribution in [0.2, 0.25) is 0 Å². The van der Waals surface area contributed by atoms with E-state index in [-0.39, 0.29) is 25.6 Å². The van der Waals surface area contributed by atoms with Gasteiger partial charge in [-0.3, -0.25) is 0 Å². The van der Waals surface area contributed by atoms with E-state index < -0.39 is 29.8 Å². The van der Waals surface area contributed by atoms with Gasteiger partial charge in [0.2, 0.25) is 0 Å². The topological polar surface area (TPSA) is 150 Å². The molecule has 0 spiro atoms. The highest BCUT2D eigenvalue weighted by atomic mass is 16.6. The number of esters is 5. The summed E-state index contributed by atoms with van der Waals surface area (Å²) >= 11 is 0. The van der Waals surface area contributed by atoms with Crippen LogP contribution in [0.4, 0.5) is 0 Å². The molecule has 0 heterocycles. The Balaban J connectivity index is 1.12. The quantitative estimate of drug-likeness (QED) is 0.0293. The largest absolute Gasteiger partial charge is 0.493 e. The lowest BCUT2D eigenvalue weighted by molar-refractivity contribution is -0.140. The van der Waals surface area contributed by atoms with Crippen molar-refractivity contribution < 1.29 is 57.1 Å². The monoisotopic (exact) mass is 750 g/mol. The molecule has 0 atom stereocenters. The maximum atomic E-state index is 12.6. The Labute approximate surface area is 319 Å². The number of benzene rings is 4. The molecule has 55 heavy (non-hydrogen) atoms. The van der Waals surface area contributed by atoms with Crippen LogP contribution in [0, 0.1) is 0 Å². The number of rotatable bonds is 20. The predicted octanol–water partition coefficient (Wildman–Crippen LogP) is 7.30. The van der Waals surface area contributed by atoms with Gasteiger partial charge < -0.3 is 33.2 Å². The molecule has 0 aliphatic carbocycles. The van der Waals surface area contributed by atoms with E-state index in [1.807, 2.05) is 0 Å². The molecule has 12 heteroatoms. The van der Waals surface area contributed by atoms with Crippen molar-refractivity contribution in [3.63, 3.8) is 0 Å². The summed E-state index contributed by atoms with van der Waals surface area (Å²) in [5.74, 6) is -0.809. The molecule has 0 bridgehead atoms. The third-order valence-corrected chi connectivity index (χ3v) is 7.52. The van der Waals surface area contributed by atoms with E-state index in [4.69, 9.17) is 33.2 Å². The van der Waals surface area contributed by atoms with Gasteiger partial charge in [0.1, 0.15) is 23.0 Å². The second-order valence-electron chi connectivity index (χ2n) is 12.1. The Kier molecular flexibility index (Phi) is 15.8. The van der Waals surface area contributed by atoms with E-state index in [2.05, 4.69) is 13.2 Å². The first-order valence-corrected chi connectivity index (χ1v) is 17.4. The molecule has 4 aromatic rings. The Morgan fingerprint density at radius 3 is 1.20 bits per heavy atom. The Bertz CT molecular complexity index is 1950. The molecule has 0 fully saturated rings. The molecule has 0 saturated heterocycles. The van der Waals surface area contributed by atoms with Gasteiger partial charge in [-0.05, 0) is 104 Å². The minimum Gasteiger partial charge on any atom is -0.493 e. The van der Waals surface area contributed by atoms with Gasteiger partial charge in [0, 0.05) is 30.4 Å². The lowest BCUT2D eigenvalue weighted by atomic mass is 10.1. The van der Waals surface area contributed by atoms with E-state index in [1.165, 1.54) is 24.3 Å². The molecule has 4 rings (SSSR count). The highest BCUT2D eigenvalue weighted by Gasteiger charge is 2.13. The Hall–Kier alpha value is -6.69. The van der Waals surface area contributed by atoms with Crippen molar-refractivity contribution in [1.82, 2.24) is 0 Å². The maximum Gasteiger partial charge on any atom is 0.343 e. The van der Waals surface area contributed by atoms with Crippen molar-refractivity contribution in [2.75, 3.05) is 33.0 Å². The Morgan fingerprint density at radius 1 is 0.436 bits per heavy atom. The van der Waals surface area contributed by atoms with E-state index in [0.717, 1.165) is 5.56 Å². The zero-order valence-electron chi connectivity index (χ0n) is 30.7. The average molecular weight is 751 g/mol. The fraction of sp³-hybridized carbons (Fsp3) is 0.233. The van der Waals surface area contributed by atoms with Gasteiger partial charge in [-0.25, -0.2) is 24.0 Å². The van der Waals surface area contributed by atoms with E-state index in [1.54, 1.807) is 86.6 Å². The number of hydrogen-bond donors (Lipinski definition) is 0. The van der Waals surface area contributed by atoms with Crippen LogP contribution >= 0.6 is 0 Å². The van der Waals surface area contributed by atoms with Gasteiger partial charge in [0.05, 0.1) is 49.7 Å². The lowest BCUT2D eigenvalue weighted by Gasteiger charge is -2.09. The molecule has 12 nitrogen and oxygen atoms in total. The third-order valence-electron chi connectivity index (χ3n) is 7.52. The second kappa shape index (κ2) is 21.1. The lowest BCUT2D eigenvalue weighted by Crippen LogP contribution is -2.10. The van der Waals surface area contributed by atoms with Crippen molar-refractivity contribution in [2.24, 2.45) is 0 Å². The van der Waals surface area contributed by atoms with Crippen LogP contribution < -0.4 is 18.9 Å². The van der Waals surface area contributed by atoms with Gasteiger partial charge in [0.15, 0.2) is 0 Å². The van der Waals surface area contributed by atoms with E-state index >= 15 is 0 Å². The number of ether oxygens (including phenoxy) is 7. The first kappa shape index (κ1) is 41.1. The summed E-state index contributed by atoms with van der Waals surface area (Å²) < 4.78 is 37.6. The summed E-state index contributed by atoms with van der Waals surface area (Å²) in [6, 6.07) is 25.8. The summed E-state index contributed by atoms with van der Waals surface area (Å²) in [5, 5.41) is 0. The second-order valence-corrected chi connectivity index (χ2v) is 12.1. The smallest absolute Gasteiger partial charge is 0.343 e. The van der Waals surface area contributed by atoms with Crippen LogP contribution in [0.15, 0.2) is 121 Å². The summed E-state index contributed by atoms with van der Waals surface area (Å²) in [4.78, 5) is 60.6. The standard InChI is InChI=1S/C43H42O12/c1-29(2)39(44)51-26-5-24-49-35-17-9-33(10-18-35)42(47)54-37-15-7-31(8-16-37)23-28-53-41(46)32-13-21-38(22-14-32)55-43(48)34-11-19-36(20-12-34)50-25-6-27-52-40(45)30(3)4/h7-22H,1,3,5-6,23-28H2,2,4H3. The summed E-state index contributed by atoms with van der Waals surface area (Å²) in [6.45, 7) is 11.4. The minimum atomic E-state index is -0.580. The fourth-order valence-electron chi connectivity index (χ4n) is 4.51. The normalized spacial score (nSPS) is 10.4. The van der Waals surface area contributed by atoms with E-state index in [9.17, 15) is 24.0 Å². The number of hydrogen-bond acceptors (Lipinski definition) is 12. The van der Waals surface area contributed by atoms with Gasteiger partial charge in [-0.1, -0.05) is 25.3 Å². The van der Waals surface area contributed by atoms with Crippen molar-refractivity contribution in [3.8, 4) is 23.0 Å². The maximum absolute atomic E-state index is 12.6. The molecular weight excluding hydrogens is 708 g/mol. The van der Waals surface area contributed by atoms with Crippen molar-refractivity contribution >= 4 is 29.8 Å². The summed E-state index contributed by atoms with van der Waals surface area (Å²) in [6.07, 6.45) is 1.44. The highest BCUT2D eigenvalue weighted by molar-refractivity contribution is 5.92. The van der Waals surface area contributed by atoms with Gasteiger partial charge in [0.25, 0.3) is 0 Å². The molecule has 0 amide bonds. The van der Waals surface area contributed by atoms with Crippen LogP contribution in [0.3, 0.4) is 0 Å². The molecule has 0 N–H and O–H groups in total. The number of carbonyl (C=O) groups excluding carboxylic acids is 5. The fourth-order valence-corrected chi connectivity index (χ4v) is 4.51. The minimum absolute atomic E-state index is 0.116. The molecule has 0 saturated carbocycles. The summed E-state index contributed by atoms with van der Waals surface area (Å²) in [7, 11) is 0. The summed E-state index contributed by atoms with van der Waals surface area (Å²) in [5.41, 5.74) is 2.49. The Morgan fingerprint density at radius 2 is 0.800 bits per heavy atom. The van der Waals surface area contributed by atoms with Crippen molar-refractivity contribution in [1.29, 1.82) is 0 Å². The van der Waals surface area contributed by atoms with Crippen LogP contribution in [0.1, 0.15) is 63.3 Å². The first-order chi connectivity index (χ1) is 26.5. The predicted molar refractivity (Wildman–Crippen MR) is 201 cm³/mol. The van der Waals surface area contributed by atoms with Crippen LogP contribution in [0.25, 0.3) is 0 Å². The molecule has 0 aromatic heterocycles. The van der Waals surface area contributed by atoms with Gasteiger partial charge in [-0.15, -0.1) is 0 Å². The van der Waals surface area contributed by atoms with Crippen LogP contribution in [-0.2, 0) is 30.2 Å². The molecule has 286 valence electrons.